The topological polar surface area (TPSA) is 26.0 Å². The Kier molecular flexibility index (Phi) is 2.11. The highest BCUT2D eigenvalue weighted by atomic mass is 19.1. The maximum atomic E-state index is 13.1. The molecule has 0 bridgehead atoms. The Morgan fingerprint density at radius 2 is 2.07 bits per heavy atom. The molecule has 0 aromatic heterocycles. The van der Waals surface area contributed by atoms with E-state index in [1.54, 1.807) is 13.0 Å². The average Bonchev–Trinajstić information content (AvgIpc) is 2.92. The first-order valence-electron chi connectivity index (χ1n) is 5.07. The van der Waals surface area contributed by atoms with Crippen molar-refractivity contribution in [1.29, 1.82) is 0 Å². The first-order chi connectivity index (χ1) is 6.51. The average molecular weight is 193 g/mol. The molecule has 1 nitrogen and oxygen atoms in total. The maximum Gasteiger partial charge on any atom is 0.126 e. The van der Waals surface area contributed by atoms with E-state index in [9.17, 15) is 4.39 Å². The zero-order chi connectivity index (χ0) is 10.3. The van der Waals surface area contributed by atoms with E-state index in [1.165, 1.54) is 18.9 Å². The van der Waals surface area contributed by atoms with Gasteiger partial charge in [0.1, 0.15) is 5.82 Å². The lowest BCUT2D eigenvalue weighted by molar-refractivity contribution is 0.426. The highest BCUT2D eigenvalue weighted by molar-refractivity contribution is 5.30. The SMILES string of the molecule is Cc1cc(C(C)(N)C2CC2)ccc1F. The Morgan fingerprint density at radius 3 is 2.57 bits per heavy atom. The molecule has 0 amide bonds. The standard InChI is InChI=1S/C12H16FN/c1-8-7-10(5-6-11(8)13)12(2,14)9-3-4-9/h5-7,9H,3-4,14H2,1-2H3. The van der Waals surface area contributed by atoms with Gasteiger partial charge in [0.05, 0.1) is 0 Å². The van der Waals surface area contributed by atoms with Crippen LogP contribution in [0.5, 0.6) is 0 Å². The Balaban J connectivity index is 2.36. The van der Waals surface area contributed by atoms with E-state index < -0.39 is 0 Å². The van der Waals surface area contributed by atoms with Crippen molar-refractivity contribution >= 4 is 0 Å². The van der Waals surface area contributed by atoms with Gasteiger partial charge in [-0.05, 0) is 49.8 Å². The number of halogens is 1. The van der Waals surface area contributed by atoms with E-state index in [4.69, 9.17) is 5.73 Å². The number of aryl methyl sites for hydroxylation is 1. The number of hydrogen-bond acceptors (Lipinski definition) is 1. The zero-order valence-electron chi connectivity index (χ0n) is 8.68. The Hall–Kier alpha value is -0.890. The molecule has 1 aliphatic rings. The van der Waals surface area contributed by atoms with Crippen LogP contribution >= 0.6 is 0 Å². The van der Waals surface area contributed by atoms with Crippen molar-refractivity contribution in [3.8, 4) is 0 Å². The van der Waals surface area contributed by atoms with Gasteiger partial charge in [0.2, 0.25) is 0 Å². The molecule has 14 heavy (non-hydrogen) atoms. The minimum atomic E-state index is -0.279. The van der Waals surface area contributed by atoms with Gasteiger partial charge in [-0.1, -0.05) is 12.1 Å². The van der Waals surface area contributed by atoms with Crippen LogP contribution in [0.2, 0.25) is 0 Å². The lowest BCUT2D eigenvalue weighted by atomic mass is 9.87. The van der Waals surface area contributed by atoms with Gasteiger partial charge in [-0.2, -0.15) is 0 Å². The van der Waals surface area contributed by atoms with Crippen LogP contribution in [0.1, 0.15) is 30.9 Å². The first kappa shape index (κ1) is 9.66. The molecule has 1 aliphatic carbocycles. The lowest BCUT2D eigenvalue weighted by Crippen LogP contribution is -2.35. The van der Waals surface area contributed by atoms with Crippen molar-refractivity contribution < 1.29 is 4.39 Å². The summed E-state index contributed by atoms with van der Waals surface area (Å²) in [5.74, 6) is 0.424. The fourth-order valence-electron chi connectivity index (χ4n) is 1.90. The zero-order valence-corrected chi connectivity index (χ0v) is 8.68. The third-order valence-corrected chi connectivity index (χ3v) is 3.21. The predicted octanol–water partition coefficient (Wildman–Crippen LogP) is 2.72. The van der Waals surface area contributed by atoms with Gasteiger partial charge in [-0.25, -0.2) is 4.39 Å². The molecular formula is C12H16FN. The van der Waals surface area contributed by atoms with Gasteiger partial charge < -0.3 is 5.73 Å². The molecule has 1 aromatic rings. The van der Waals surface area contributed by atoms with Gasteiger partial charge in [-0.15, -0.1) is 0 Å². The van der Waals surface area contributed by atoms with Crippen LogP contribution in [0, 0.1) is 18.7 Å². The molecule has 1 atom stereocenters. The highest BCUT2D eigenvalue weighted by Crippen LogP contribution is 2.43. The first-order valence-corrected chi connectivity index (χ1v) is 5.07. The summed E-state index contributed by atoms with van der Waals surface area (Å²) in [6.07, 6.45) is 2.40. The van der Waals surface area contributed by atoms with Crippen LogP contribution in [0.25, 0.3) is 0 Å². The van der Waals surface area contributed by atoms with E-state index in [1.807, 2.05) is 13.0 Å². The van der Waals surface area contributed by atoms with Crippen molar-refractivity contribution in [3.63, 3.8) is 0 Å². The third kappa shape index (κ3) is 1.55. The summed E-state index contributed by atoms with van der Waals surface area (Å²) in [5, 5.41) is 0. The molecule has 0 spiro atoms. The van der Waals surface area contributed by atoms with Crippen LogP contribution < -0.4 is 5.73 Å². The lowest BCUT2D eigenvalue weighted by Gasteiger charge is -2.25. The molecule has 0 radical (unpaired) electrons. The molecule has 2 heteroatoms. The van der Waals surface area contributed by atoms with Gasteiger partial charge in [0.25, 0.3) is 0 Å². The molecule has 0 heterocycles. The minimum absolute atomic E-state index is 0.152. The smallest absolute Gasteiger partial charge is 0.126 e. The van der Waals surface area contributed by atoms with Gasteiger partial charge in [0, 0.05) is 5.54 Å². The summed E-state index contributed by atoms with van der Waals surface area (Å²) < 4.78 is 13.1. The minimum Gasteiger partial charge on any atom is -0.321 e. The summed E-state index contributed by atoms with van der Waals surface area (Å²) in [7, 11) is 0. The summed E-state index contributed by atoms with van der Waals surface area (Å²) in [4.78, 5) is 0. The largest absolute Gasteiger partial charge is 0.321 e. The molecule has 76 valence electrons. The molecule has 0 aliphatic heterocycles. The number of hydrogen-bond donors (Lipinski definition) is 1. The molecule has 2 N–H and O–H groups in total. The van der Waals surface area contributed by atoms with Crippen molar-refractivity contribution in [2.75, 3.05) is 0 Å². The van der Waals surface area contributed by atoms with E-state index in [-0.39, 0.29) is 11.4 Å². The van der Waals surface area contributed by atoms with E-state index in [2.05, 4.69) is 0 Å². The molecule has 0 saturated heterocycles. The normalized spacial score (nSPS) is 20.6. The second-order valence-electron chi connectivity index (χ2n) is 4.52. The third-order valence-electron chi connectivity index (χ3n) is 3.21. The van der Waals surface area contributed by atoms with Crippen LogP contribution in [0.3, 0.4) is 0 Å². The molecular weight excluding hydrogens is 177 g/mol. The van der Waals surface area contributed by atoms with E-state index in [0.717, 1.165) is 5.56 Å². The summed E-state index contributed by atoms with van der Waals surface area (Å²) >= 11 is 0. The van der Waals surface area contributed by atoms with Crippen LogP contribution in [-0.4, -0.2) is 0 Å². The van der Waals surface area contributed by atoms with Crippen molar-refractivity contribution in [2.45, 2.75) is 32.2 Å². The van der Waals surface area contributed by atoms with Crippen molar-refractivity contribution in [3.05, 3.63) is 35.1 Å². The second-order valence-corrected chi connectivity index (χ2v) is 4.52. The monoisotopic (exact) mass is 193 g/mol. The summed E-state index contributed by atoms with van der Waals surface area (Å²) in [6.45, 7) is 3.82. The van der Waals surface area contributed by atoms with Gasteiger partial charge >= 0.3 is 0 Å². The Morgan fingerprint density at radius 1 is 1.43 bits per heavy atom. The fourth-order valence-corrected chi connectivity index (χ4v) is 1.90. The van der Waals surface area contributed by atoms with Gasteiger partial charge in [-0.3, -0.25) is 0 Å². The van der Waals surface area contributed by atoms with E-state index >= 15 is 0 Å². The van der Waals surface area contributed by atoms with Crippen molar-refractivity contribution in [2.24, 2.45) is 11.7 Å². The molecule has 1 fully saturated rings. The Labute approximate surface area is 84.1 Å². The van der Waals surface area contributed by atoms with Crippen LogP contribution in [-0.2, 0) is 5.54 Å². The maximum absolute atomic E-state index is 13.1. The highest BCUT2D eigenvalue weighted by Gasteiger charge is 2.39. The van der Waals surface area contributed by atoms with Crippen LogP contribution in [0.4, 0.5) is 4.39 Å². The Bertz CT molecular complexity index is 353. The number of nitrogens with two attached hydrogens (primary N) is 1. The number of rotatable bonds is 2. The fraction of sp³-hybridized carbons (Fsp3) is 0.500. The molecule has 1 aromatic carbocycles. The molecule has 1 saturated carbocycles. The van der Waals surface area contributed by atoms with E-state index in [0.29, 0.717) is 11.5 Å². The summed E-state index contributed by atoms with van der Waals surface area (Å²) in [5.41, 5.74) is 7.70. The van der Waals surface area contributed by atoms with Crippen molar-refractivity contribution in [1.82, 2.24) is 0 Å². The quantitative estimate of drug-likeness (QED) is 0.767. The summed E-state index contributed by atoms with van der Waals surface area (Å²) in [6, 6.07) is 5.19. The second kappa shape index (κ2) is 3.06. The van der Waals surface area contributed by atoms with Gasteiger partial charge in [0.15, 0.2) is 0 Å². The molecule has 1 unspecified atom stereocenters. The predicted molar refractivity (Wildman–Crippen MR) is 55.4 cm³/mol. The number of benzene rings is 1. The molecule has 2 rings (SSSR count). The van der Waals surface area contributed by atoms with Crippen LogP contribution in [0.15, 0.2) is 18.2 Å².